The van der Waals surface area contributed by atoms with Crippen LogP contribution in [-0.2, 0) is 47.6 Å². The first-order chi connectivity index (χ1) is 26.3. The molecule has 2 unspecified atom stereocenters. The second kappa shape index (κ2) is 29.8. The fraction of sp³-hybridized carbons (Fsp3) is 0.897. The number of carbonyl (C=O) groups excluding carboxylic acids is 4. The van der Waals surface area contributed by atoms with E-state index in [1.165, 1.54) is 0 Å². The van der Waals surface area contributed by atoms with E-state index in [1.807, 2.05) is 20.8 Å². The molecule has 0 spiro atoms. The van der Waals surface area contributed by atoms with E-state index < -0.39 is 105 Å². The lowest BCUT2D eigenvalue weighted by atomic mass is 9.97. The molecule has 1 aliphatic heterocycles. The Morgan fingerprint density at radius 3 is 1.45 bits per heavy atom. The highest BCUT2D eigenvalue weighted by molar-refractivity contribution is 5.72. The highest BCUT2D eigenvalue weighted by atomic mass is 16.7. The van der Waals surface area contributed by atoms with Gasteiger partial charge in [-0.2, -0.15) is 0 Å². The van der Waals surface area contributed by atoms with E-state index in [2.05, 4.69) is 6.92 Å². The molecule has 0 amide bonds. The Kier molecular flexibility index (Phi) is 27.4. The molecule has 16 nitrogen and oxygen atoms in total. The zero-order chi connectivity index (χ0) is 41.2. The lowest BCUT2D eigenvalue weighted by Gasteiger charge is -2.44. The Morgan fingerprint density at radius 2 is 0.945 bits per heavy atom. The predicted octanol–water partition coefficient (Wildman–Crippen LogP) is 2.90. The SMILES string of the molecule is CCCCCCCC(=O)O[C@@H]1[C@H](OCC(O)C(O)[C@@H](O)[C@@H](O)[C@@H](O)CO)O[C@H](COC(=O)CCCCC)[C@@H](OC(=O)CCCCC)[C@@H]1OC(=O)CCCCC. The molecule has 0 saturated carbocycles. The average Bonchev–Trinajstić information content (AvgIpc) is 3.16. The van der Waals surface area contributed by atoms with Crippen LogP contribution in [0.25, 0.3) is 0 Å². The molecule has 1 rings (SSSR count). The van der Waals surface area contributed by atoms with Crippen LogP contribution in [0.4, 0.5) is 0 Å². The number of hydrogen-bond acceptors (Lipinski definition) is 16. The Labute approximate surface area is 326 Å². The molecule has 55 heavy (non-hydrogen) atoms. The van der Waals surface area contributed by atoms with Crippen LogP contribution in [0.1, 0.15) is 143 Å². The Bertz CT molecular complexity index is 1060. The highest BCUT2D eigenvalue weighted by Gasteiger charge is 2.53. The van der Waals surface area contributed by atoms with Crippen LogP contribution in [0, 0.1) is 0 Å². The van der Waals surface area contributed by atoms with Gasteiger partial charge in [-0.05, 0) is 25.7 Å². The monoisotopic (exact) mass is 794 g/mol. The number of carbonyl (C=O) groups is 4. The Hall–Kier alpha value is -2.44. The smallest absolute Gasteiger partial charge is 0.306 e. The topological polar surface area (TPSA) is 245 Å². The summed E-state index contributed by atoms with van der Waals surface area (Å²) in [5, 5.41) is 60.5. The van der Waals surface area contributed by atoms with Gasteiger partial charge in [0.05, 0.1) is 13.2 Å². The fourth-order valence-electron chi connectivity index (χ4n) is 5.92. The van der Waals surface area contributed by atoms with Crippen LogP contribution in [0.2, 0.25) is 0 Å². The molecular weight excluding hydrogens is 724 g/mol. The van der Waals surface area contributed by atoms with Crippen molar-refractivity contribution < 1.29 is 78.2 Å². The van der Waals surface area contributed by atoms with Gasteiger partial charge in [0.15, 0.2) is 24.6 Å². The number of aliphatic hydroxyl groups is 6. The molecule has 1 heterocycles. The molecule has 0 radical (unpaired) electrons. The van der Waals surface area contributed by atoms with Crippen LogP contribution in [0.3, 0.4) is 0 Å². The number of rotatable bonds is 31. The summed E-state index contributed by atoms with van der Waals surface area (Å²) in [5.74, 6) is -2.58. The largest absolute Gasteiger partial charge is 0.463 e. The third-order valence-electron chi connectivity index (χ3n) is 9.35. The molecule has 0 bridgehead atoms. The summed E-state index contributed by atoms with van der Waals surface area (Å²) in [5.41, 5.74) is 0. The predicted molar refractivity (Wildman–Crippen MR) is 198 cm³/mol. The molecule has 16 heteroatoms. The summed E-state index contributed by atoms with van der Waals surface area (Å²) in [4.78, 5) is 52.5. The van der Waals surface area contributed by atoms with E-state index in [4.69, 9.17) is 33.5 Å². The summed E-state index contributed by atoms with van der Waals surface area (Å²) in [6.45, 7) is 5.74. The summed E-state index contributed by atoms with van der Waals surface area (Å²) < 4.78 is 35.2. The zero-order valence-electron chi connectivity index (χ0n) is 33.4. The van der Waals surface area contributed by atoms with E-state index in [1.54, 1.807) is 0 Å². The van der Waals surface area contributed by atoms with E-state index >= 15 is 0 Å². The maximum atomic E-state index is 13.3. The summed E-state index contributed by atoms with van der Waals surface area (Å²) >= 11 is 0. The molecule has 0 aromatic heterocycles. The van der Waals surface area contributed by atoms with Crippen molar-refractivity contribution in [1.82, 2.24) is 0 Å². The van der Waals surface area contributed by atoms with Gasteiger partial charge in [0.25, 0.3) is 0 Å². The van der Waals surface area contributed by atoms with Gasteiger partial charge in [-0.1, -0.05) is 91.9 Å². The average molecular weight is 795 g/mol. The number of hydrogen-bond donors (Lipinski definition) is 6. The van der Waals surface area contributed by atoms with Crippen molar-refractivity contribution in [2.75, 3.05) is 19.8 Å². The second-order valence-corrected chi connectivity index (χ2v) is 14.2. The summed E-state index contributed by atoms with van der Waals surface area (Å²) in [6, 6.07) is 0. The minimum absolute atomic E-state index is 0.00608. The number of aliphatic hydroxyl groups excluding tert-OH is 6. The maximum Gasteiger partial charge on any atom is 0.306 e. The van der Waals surface area contributed by atoms with Crippen molar-refractivity contribution >= 4 is 23.9 Å². The molecular formula is C39H70O16. The zero-order valence-corrected chi connectivity index (χ0v) is 33.4. The van der Waals surface area contributed by atoms with Crippen molar-refractivity contribution in [3.05, 3.63) is 0 Å². The van der Waals surface area contributed by atoms with Crippen LogP contribution < -0.4 is 0 Å². The number of esters is 4. The molecule has 6 N–H and O–H groups in total. The molecule has 1 aliphatic rings. The summed E-state index contributed by atoms with van der Waals surface area (Å²) in [6.07, 6.45) is -6.89. The van der Waals surface area contributed by atoms with Gasteiger partial charge in [-0.3, -0.25) is 19.2 Å². The minimum Gasteiger partial charge on any atom is -0.463 e. The van der Waals surface area contributed by atoms with Crippen molar-refractivity contribution in [3.63, 3.8) is 0 Å². The fourth-order valence-corrected chi connectivity index (χ4v) is 5.92. The molecule has 0 aliphatic carbocycles. The lowest BCUT2D eigenvalue weighted by Crippen LogP contribution is -2.63. The van der Waals surface area contributed by atoms with Crippen molar-refractivity contribution in [2.24, 2.45) is 0 Å². The lowest BCUT2D eigenvalue weighted by molar-refractivity contribution is -0.313. The third kappa shape index (κ3) is 20.0. The molecule has 0 aromatic rings. The van der Waals surface area contributed by atoms with Gasteiger partial charge in [-0.15, -0.1) is 0 Å². The van der Waals surface area contributed by atoms with Gasteiger partial charge >= 0.3 is 23.9 Å². The first kappa shape index (κ1) is 50.6. The number of unbranched alkanes of at least 4 members (excludes halogenated alkanes) is 10. The van der Waals surface area contributed by atoms with Gasteiger partial charge < -0.3 is 59.1 Å². The molecule has 10 atom stereocenters. The van der Waals surface area contributed by atoms with Gasteiger partial charge in [-0.25, -0.2) is 0 Å². The minimum atomic E-state index is -2.12. The van der Waals surface area contributed by atoms with Crippen molar-refractivity contribution in [3.8, 4) is 0 Å². The first-order valence-electron chi connectivity index (χ1n) is 20.4. The van der Waals surface area contributed by atoms with Gasteiger partial charge in [0, 0.05) is 25.7 Å². The van der Waals surface area contributed by atoms with Crippen LogP contribution in [0.15, 0.2) is 0 Å². The second-order valence-electron chi connectivity index (χ2n) is 14.2. The van der Waals surface area contributed by atoms with Crippen LogP contribution >= 0.6 is 0 Å². The third-order valence-corrected chi connectivity index (χ3v) is 9.35. The van der Waals surface area contributed by atoms with Crippen molar-refractivity contribution in [1.29, 1.82) is 0 Å². The number of ether oxygens (including phenoxy) is 6. The van der Waals surface area contributed by atoms with E-state index in [0.717, 1.165) is 64.2 Å². The maximum absolute atomic E-state index is 13.3. The molecule has 0 aromatic carbocycles. The van der Waals surface area contributed by atoms with E-state index in [0.29, 0.717) is 25.7 Å². The van der Waals surface area contributed by atoms with Gasteiger partial charge in [0.1, 0.15) is 43.2 Å². The highest BCUT2D eigenvalue weighted by Crippen LogP contribution is 2.31. The van der Waals surface area contributed by atoms with E-state index in [9.17, 15) is 44.7 Å². The normalized spacial score (nSPS) is 22.5. The standard InChI is InChI=1S/C39H70O16/c1-5-9-13-14-18-22-32(46)55-38-37(54-31(45)21-17-12-8-4)36(53-30(44)20-16-11-7-3)28(25-50-29(43)19-15-10-6-2)52-39(38)51-24-27(42)34(48)35(49)33(47)26(41)23-40/h26-28,33-42,47-49H,5-25H2,1-4H3/t26-,27?,28+,33-,34?,35-,36+,37-,38-,39+/m0/s1. The Balaban J connectivity index is 3.58. The van der Waals surface area contributed by atoms with E-state index in [-0.39, 0.29) is 25.7 Å². The molecule has 322 valence electrons. The molecule has 1 saturated heterocycles. The van der Waals surface area contributed by atoms with Crippen LogP contribution in [0.5, 0.6) is 0 Å². The Morgan fingerprint density at radius 1 is 0.527 bits per heavy atom. The van der Waals surface area contributed by atoms with Crippen molar-refractivity contribution in [2.45, 2.75) is 204 Å². The van der Waals surface area contributed by atoms with Crippen LogP contribution in [-0.4, -0.2) is 136 Å². The molecule has 1 fully saturated rings. The quantitative estimate of drug-likeness (QED) is 0.0336. The van der Waals surface area contributed by atoms with Gasteiger partial charge in [0.2, 0.25) is 0 Å². The first-order valence-corrected chi connectivity index (χ1v) is 20.4. The summed E-state index contributed by atoms with van der Waals surface area (Å²) in [7, 11) is 0.